The molecule has 154 valence electrons. The highest BCUT2D eigenvalue weighted by molar-refractivity contribution is 5.99. The Labute approximate surface area is 165 Å². The third-order valence-corrected chi connectivity index (χ3v) is 6.45. The van der Waals surface area contributed by atoms with Crippen molar-refractivity contribution in [3.63, 3.8) is 0 Å². The summed E-state index contributed by atoms with van der Waals surface area (Å²) in [5, 5.41) is 12.4. The van der Waals surface area contributed by atoms with E-state index in [4.69, 9.17) is 5.73 Å². The number of nitrogens with one attached hydrogen (secondary N) is 1. The normalized spacial score (nSPS) is 24.1. The Hall–Kier alpha value is -2.68. The van der Waals surface area contributed by atoms with Gasteiger partial charge in [-0.3, -0.25) is 4.79 Å². The molecule has 2 aromatic rings. The molecule has 3 heterocycles. The van der Waals surface area contributed by atoms with Crippen molar-refractivity contribution in [3.8, 4) is 0 Å². The molecule has 0 spiro atoms. The molecule has 1 saturated carbocycles. The zero-order valence-electron chi connectivity index (χ0n) is 15.8. The van der Waals surface area contributed by atoms with Gasteiger partial charge in [-0.2, -0.15) is 0 Å². The fourth-order valence-electron chi connectivity index (χ4n) is 4.85. The average molecular weight is 404 g/mol. The Kier molecular flexibility index (Phi) is 4.06. The number of nitrogens with zero attached hydrogens (tertiary/aromatic N) is 2. The van der Waals surface area contributed by atoms with Crippen molar-refractivity contribution in [1.29, 1.82) is 0 Å². The molecule has 0 bridgehead atoms. The van der Waals surface area contributed by atoms with Gasteiger partial charge in [-0.15, -0.1) is 0 Å². The minimum atomic E-state index is -1.44. The number of nitrogens with two attached hydrogens (primary N) is 1. The summed E-state index contributed by atoms with van der Waals surface area (Å²) in [6, 6.07) is 0.0470. The van der Waals surface area contributed by atoms with Crippen molar-refractivity contribution in [3.05, 3.63) is 33.6 Å². The first-order valence-electron chi connectivity index (χ1n) is 9.95. The van der Waals surface area contributed by atoms with Gasteiger partial charge in [0.1, 0.15) is 11.3 Å². The van der Waals surface area contributed by atoms with Gasteiger partial charge in [-0.1, -0.05) is 0 Å². The molecule has 0 amide bonds. The second kappa shape index (κ2) is 6.41. The lowest BCUT2D eigenvalue weighted by Crippen LogP contribution is -2.40. The number of hydrogen-bond acceptors (Lipinski definition) is 5. The van der Waals surface area contributed by atoms with Gasteiger partial charge in [-0.25, -0.2) is 13.6 Å². The van der Waals surface area contributed by atoms with Crippen molar-refractivity contribution >= 4 is 28.2 Å². The van der Waals surface area contributed by atoms with E-state index in [1.807, 2.05) is 0 Å². The van der Waals surface area contributed by atoms with Crippen LogP contribution in [0.4, 0.5) is 20.2 Å². The zero-order valence-corrected chi connectivity index (χ0v) is 15.8. The number of aromatic carboxylic acids is 1. The number of rotatable bonds is 3. The second-order valence-corrected chi connectivity index (χ2v) is 8.30. The average Bonchev–Trinajstić information content (AvgIpc) is 3.44. The summed E-state index contributed by atoms with van der Waals surface area (Å²) < 4.78 is 32.5. The van der Waals surface area contributed by atoms with Crippen LogP contribution in [0.2, 0.25) is 0 Å². The van der Waals surface area contributed by atoms with Gasteiger partial charge < -0.3 is 25.6 Å². The molecule has 1 aromatic carbocycles. The fraction of sp³-hybridized carbons (Fsp3) is 0.500. The van der Waals surface area contributed by atoms with Crippen LogP contribution < -0.4 is 21.4 Å². The molecule has 5 rings (SSSR count). The highest BCUT2D eigenvalue weighted by Gasteiger charge is 2.39. The fourth-order valence-corrected chi connectivity index (χ4v) is 4.85. The number of carboxylic acids is 1. The molecule has 0 radical (unpaired) electrons. The summed E-state index contributed by atoms with van der Waals surface area (Å²) in [6.45, 7) is 1.86. The van der Waals surface area contributed by atoms with Crippen molar-refractivity contribution in [2.75, 3.05) is 30.3 Å². The van der Waals surface area contributed by atoms with Crippen LogP contribution in [-0.4, -0.2) is 41.3 Å². The van der Waals surface area contributed by atoms with Gasteiger partial charge in [0, 0.05) is 31.4 Å². The Morgan fingerprint density at radius 2 is 1.97 bits per heavy atom. The van der Waals surface area contributed by atoms with Gasteiger partial charge in [0.05, 0.1) is 16.6 Å². The highest BCUT2D eigenvalue weighted by atomic mass is 19.1. The molecule has 4 N–H and O–H groups in total. The molecular weight excluding hydrogens is 382 g/mol. The lowest BCUT2D eigenvalue weighted by molar-refractivity contribution is 0.0695. The quantitative estimate of drug-likeness (QED) is 0.678. The first-order valence-corrected chi connectivity index (χ1v) is 9.95. The summed E-state index contributed by atoms with van der Waals surface area (Å²) in [5.74, 6) is -2.97. The molecule has 9 heteroatoms. The van der Waals surface area contributed by atoms with E-state index in [0.717, 1.165) is 32.2 Å². The standard InChI is InChI=1S/C20H22F2N4O3/c21-14-16(23)13-17(26(10-3-4-10)7-11(19(13)27)20(28)29)15(22)18(14)25-6-9-2-1-5-24-12(9)8-25/h7,9-10,12,24H,1-6,8,23H2,(H,28,29). The number of halogens is 2. The molecule has 1 aliphatic carbocycles. The number of piperidine rings is 1. The van der Waals surface area contributed by atoms with Crippen molar-refractivity contribution in [1.82, 2.24) is 9.88 Å². The molecule has 29 heavy (non-hydrogen) atoms. The number of carboxylic acid groups (broad SMARTS) is 1. The number of pyridine rings is 1. The maximum Gasteiger partial charge on any atom is 0.341 e. The molecule has 2 atom stereocenters. The van der Waals surface area contributed by atoms with Gasteiger partial charge in [0.2, 0.25) is 5.43 Å². The third-order valence-electron chi connectivity index (χ3n) is 6.45. The van der Waals surface area contributed by atoms with E-state index in [2.05, 4.69) is 5.32 Å². The van der Waals surface area contributed by atoms with Crippen molar-refractivity contribution in [2.24, 2.45) is 5.92 Å². The first kappa shape index (κ1) is 18.4. The molecule has 3 fully saturated rings. The van der Waals surface area contributed by atoms with E-state index in [-0.39, 0.29) is 28.7 Å². The number of nitrogen functional groups attached to an aromatic ring is 1. The van der Waals surface area contributed by atoms with Gasteiger partial charge in [-0.05, 0) is 38.1 Å². The van der Waals surface area contributed by atoms with Crippen LogP contribution in [0, 0.1) is 17.6 Å². The summed E-state index contributed by atoms with van der Waals surface area (Å²) >= 11 is 0. The van der Waals surface area contributed by atoms with Gasteiger partial charge >= 0.3 is 5.97 Å². The summed E-state index contributed by atoms with van der Waals surface area (Å²) in [7, 11) is 0. The topological polar surface area (TPSA) is 101 Å². The van der Waals surface area contributed by atoms with E-state index in [1.54, 1.807) is 4.90 Å². The Morgan fingerprint density at radius 3 is 2.62 bits per heavy atom. The number of anilines is 2. The highest BCUT2D eigenvalue weighted by Crippen LogP contribution is 2.42. The Morgan fingerprint density at radius 1 is 1.21 bits per heavy atom. The van der Waals surface area contributed by atoms with Gasteiger partial charge in [0.15, 0.2) is 11.6 Å². The van der Waals surface area contributed by atoms with Crippen LogP contribution >= 0.6 is 0 Å². The summed E-state index contributed by atoms with van der Waals surface area (Å²) in [6.07, 6.45) is 4.66. The number of carbonyl (C=O) groups is 1. The smallest absolute Gasteiger partial charge is 0.341 e. The maximum atomic E-state index is 15.7. The Bertz CT molecular complexity index is 1080. The third kappa shape index (κ3) is 2.71. The molecule has 1 aromatic heterocycles. The van der Waals surface area contributed by atoms with Gasteiger partial charge in [0.25, 0.3) is 0 Å². The monoisotopic (exact) mass is 404 g/mol. The lowest BCUT2D eigenvalue weighted by atomic mass is 9.94. The molecule has 7 nitrogen and oxygen atoms in total. The summed E-state index contributed by atoms with van der Waals surface area (Å²) in [4.78, 5) is 25.9. The number of hydrogen-bond donors (Lipinski definition) is 3. The van der Waals surface area contributed by atoms with E-state index in [0.29, 0.717) is 19.0 Å². The lowest BCUT2D eigenvalue weighted by Gasteiger charge is -2.24. The first-order chi connectivity index (χ1) is 13.9. The predicted molar refractivity (Wildman–Crippen MR) is 104 cm³/mol. The minimum Gasteiger partial charge on any atom is -0.477 e. The van der Waals surface area contributed by atoms with Crippen LogP contribution in [-0.2, 0) is 0 Å². The van der Waals surface area contributed by atoms with E-state index in [1.165, 1.54) is 10.8 Å². The largest absolute Gasteiger partial charge is 0.477 e. The van der Waals surface area contributed by atoms with Crippen LogP contribution in [0.1, 0.15) is 42.1 Å². The molecule has 2 saturated heterocycles. The molecular formula is C20H22F2N4O3. The van der Waals surface area contributed by atoms with Crippen molar-refractivity contribution < 1.29 is 18.7 Å². The van der Waals surface area contributed by atoms with Crippen LogP contribution in [0.5, 0.6) is 0 Å². The number of benzene rings is 1. The van der Waals surface area contributed by atoms with Crippen LogP contribution in [0.3, 0.4) is 0 Å². The number of aromatic nitrogens is 1. The predicted octanol–water partition coefficient (Wildman–Crippen LogP) is 2.08. The molecule has 3 aliphatic rings. The van der Waals surface area contributed by atoms with E-state index >= 15 is 8.78 Å². The van der Waals surface area contributed by atoms with Crippen LogP contribution in [0.15, 0.2) is 11.0 Å². The SMILES string of the molecule is Nc1c(F)c(N2CC3CCCNC3C2)c(F)c2c1c(=O)c(C(=O)O)cn2C1CC1. The second-order valence-electron chi connectivity index (χ2n) is 8.30. The number of fused-ring (bicyclic) bond motifs is 2. The maximum absolute atomic E-state index is 15.7. The summed E-state index contributed by atoms with van der Waals surface area (Å²) in [5.41, 5.74) is 3.69. The van der Waals surface area contributed by atoms with Crippen LogP contribution in [0.25, 0.3) is 10.9 Å². The van der Waals surface area contributed by atoms with Crippen molar-refractivity contribution in [2.45, 2.75) is 37.8 Å². The molecule has 2 aliphatic heterocycles. The Balaban J connectivity index is 1.75. The van der Waals surface area contributed by atoms with E-state index in [9.17, 15) is 14.7 Å². The van der Waals surface area contributed by atoms with E-state index < -0.39 is 34.3 Å². The zero-order chi connectivity index (χ0) is 20.4. The minimum absolute atomic E-state index is 0.0979. The molecule has 2 unspecified atom stereocenters.